The zero-order chi connectivity index (χ0) is 13.8. The highest BCUT2D eigenvalue weighted by Crippen LogP contribution is 2.23. The van der Waals surface area contributed by atoms with Crippen LogP contribution in [0.2, 0.25) is 0 Å². The van der Waals surface area contributed by atoms with Crippen LogP contribution >= 0.6 is 27.3 Å². The number of carbonyl (C=O) groups excluding carboxylic acids is 1. The minimum Gasteiger partial charge on any atom is -0.370 e. The Bertz CT molecular complexity index is 599. The van der Waals surface area contributed by atoms with Gasteiger partial charge in [0.05, 0.1) is 9.98 Å². The van der Waals surface area contributed by atoms with Gasteiger partial charge in [-0.05, 0) is 41.9 Å². The van der Waals surface area contributed by atoms with Gasteiger partial charge < -0.3 is 5.32 Å². The normalized spacial score (nSPS) is 10.3. The first-order chi connectivity index (χ1) is 9.08. The van der Waals surface area contributed by atoms with Gasteiger partial charge >= 0.3 is 0 Å². The highest BCUT2D eigenvalue weighted by molar-refractivity contribution is 9.11. The zero-order valence-corrected chi connectivity index (χ0v) is 12.9. The van der Waals surface area contributed by atoms with Crippen molar-refractivity contribution in [3.63, 3.8) is 0 Å². The number of hydrogen-bond acceptors (Lipinski definition) is 5. The molecule has 0 aliphatic heterocycles. The minimum absolute atomic E-state index is 0.188. The summed E-state index contributed by atoms with van der Waals surface area (Å²) in [5, 5.41) is 6.42. The molecule has 0 bridgehead atoms. The van der Waals surface area contributed by atoms with Crippen molar-refractivity contribution in [1.29, 1.82) is 0 Å². The maximum atomic E-state index is 12.1. The lowest BCUT2D eigenvalue weighted by molar-refractivity contribution is 0.102. The van der Waals surface area contributed by atoms with Gasteiger partial charge in [-0.25, -0.2) is 9.97 Å². The molecular formula is C12H13BrN4OS. The molecule has 5 nitrogen and oxygen atoms in total. The van der Waals surface area contributed by atoms with E-state index in [-0.39, 0.29) is 5.91 Å². The highest BCUT2D eigenvalue weighted by Gasteiger charge is 2.10. The van der Waals surface area contributed by atoms with E-state index in [1.807, 2.05) is 13.8 Å². The summed E-state index contributed by atoms with van der Waals surface area (Å²) in [5.74, 6) is 0.513. The van der Waals surface area contributed by atoms with Crippen molar-refractivity contribution in [3.05, 3.63) is 33.4 Å². The fraction of sp³-hybridized carbons (Fsp3) is 0.250. The predicted molar refractivity (Wildman–Crippen MR) is 80.9 cm³/mol. The van der Waals surface area contributed by atoms with Gasteiger partial charge in [0.1, 0.15) is 5.82 Å². The molecule has 7 heteroatoms. The number of anilines is 2. The van der Waals surface area contributed by atoms with Gasteiger partial charge in [0.25, 0.3) is 5.91 Å². The molecule has 0 saturated heterocycles. The van der Waals surface area contributed by atoms with Crippen molar-refractivity contribution in [3.8, 4) is 0 Å². The number of rotatable bonds is 4. The first kappa shape index (κ1) is 14.0. The van der Waals surface area contributed by atoms with Crippen LogP contribution in [0.5, 0.6) is 0 Å². The summed E-state index contributed by atoms with van der Waals surface area (Å²) in [6, 6.07) is 3.48. The molecule has 2 aromatic heterocycles. The fourth-order valence-electron chi connectivity index (χ4n) is 1.55. The average Bonchev–Trinajstić information content (AvgIpc) is 2.74. The summed E-state index contributed by atoms with van der Waals surface area (Å²) >= 11 is 4.68. The Balaban J connectivity index is 2.18. The van der Waals surface area contributed by atoms with Gasteiger partial charge in [-0.1, -0.05) is 11.3 Å². The molecular weight excluding hydrogens is 328 g/mol. The Morgan fingerprint density at radius 3 is 2.89 bits per heavy atom. The lowest BCUT2D eigenvalue weighted by atomic mass is 10.2. The molecule has 0 aliphatic carbocycles. The number of hydrogen-bond donors (Lipinski definition) is 2. The van der Waals surface area contributed by atoms with Crippen molar-refractivity contribution < 1.29 is 4.79 Å². The van der Waals surface area contributed by atoms with E-state index in [0.717, 1.165) is 16.0 Å². The smallest absolute Gasteiger partial charge is 0.257 e. The second-order valence-electron chi connectivity index (χ2n) is 3.84. The van der Waals surface area contributed by atoms with E-state index in [1.165, 1.54) is 11.3 Å². The molecule has 0 aromatic carbocycles. The van der Waals surface area contributed by atoms with Crippen LogP contribution in [-0.4, -0.2) is 22.4 Å². The molecule has 1 amide bonds. The van der Waals surface area contributed by atoms with E-state index in [4.69, 9.17) is 0 Å². The van der Waals surface area contributed by atoms with Crippen LogP contribution < -0.4 is 10.6 Å². The monoisotopic (exact) mass is 340 g/mol. The molecule has 100 valence electrons. The lowest BCUT2D eigenvalue weighted by Gasteiger charge is -2.07. The van der Waals surface area contributed by atoms with Crippen LogP contribution in [0.15, 0.2) is 22.1 Å². The molecule has 0 saturated carbocycles. The molecule has 0 radical (unpaired) electrons. The first-order valence-electron chi connectivity index (χ1n) is 5.73. The van der Waals surface area contributed by atoms with Crippen LogP contribution in [0.25, 0.3) is 0 Å². The minimum atomic E-state index is -0.188. The molecule has 19 heavy (non-hydrogen) atoms. The summed E-state index contributed by atoms with van der Waals surface area (Å²) < 4.78 is 0.877. The maximum Gasteiger partial charge on any atom is 0.257 e. The molecule has 2 N–H and O–H groups in total. The molecule has 2 aromatic rings. The van der Waals surface area contributed by atoms with E-state index in [2.05, 4.69) is 36.5 Å². The van der Waals surface area contributed by atoms with Crippen molar-refractivity contribution in [2.24, 2.45) is 0 Å². The number of aromatic nitrogens is 2. The molecule has 0 unspecified atom stereocenters. The quantitative estimate of drug-likeness (QED) is 0.896. The number of halogens is 1. The topological polar surface area (TPSA) is 66.9 Å². The van der Waals surface area contributed by atoms with Crippen molar-refractivity contribution in [1.82, 2.24) is 9.97 Å². The van der Waals surface area contributed by atoms with Crippen molar-refractivity contribution >= 4 is 44.1 Å². The summed E-state index contributed by atoms with van der Waals surface area (Å²) in [7, 11) is 0. The standard InChI is InChI=1S/C12H13BrN4OS/c1-3-14-10-5-8(4-7(2)16-10)11(18)17-12-15-6-9(13)19-12/h4-6H,3H2,1-2H3,(H,14,16)(H,15,17,18). The van der Waals surface area contributed by atoms with Crippen LogP contribution in [-0.2, 0) is 0 Å². The van der Waals surface area contributed by atoms with Gasteiger partial charge in [0.15, 0.2) is 5.13 Å². The van der Waals surface area contributed by atoms with Crippen LogP contribution in [0, 0.1) is 6.92 Å². The molecule has 0 spiro atoms. The Kier molecular flexibility index (Phi) is 4.49. The van der Waals surface area contributed by atoms with E-state index >= 15 is 0 Å². The Morgan fingerprint density at radius 1 is 1.47 bits per heavy atom. The molecule has 2 heterocycles. The zero-order valence-electron chi connectivity index (χ0n) is 10.5. The Hall–Kier alpha value is -1.47. The maximum absolute atomic E-state index is 12.1. The Morgan fingerprint density at radius 2 is 2.26 bits per heavy atom. The van der Waals surface area contributed by atoms with Gasteiger partial charge in [-0.15, -0.1) is 0 Å². The number of nitrogens with one attached hydrogen (secondary N) is 2. The molecule has 0 atom stereocenters. The average molecular weight is 341 g/mol. The molecule has 0 fully saturated rings. The Labute approximate surface area is 123 Å². The van der Waals surface area contributed by atoms with Crippen LogP contribution in [0.3, 0.4) is 0 Å². The number of thiazole rings is 1. The lowest BCUT2D eigenvalue weighted by Crippen LogP contribution is -2.13. The predicted octanol–water partition coefficient (Wildman–Crippen LogP) is 3.29. The van der Waals surface area contributed by atoms with Crippen molar-refractivity contribution in [2.75, 3.05) is 17.2 Å². The number of pyridine rings is 1. The van der Waals surface area contributed by atoms with E-state index < -0.39 is 0 Å². The highest BCUT2D eigenvalue weighted by atomic mass is 79.9. The third kappa shape index (κ3) is 3.74. The van der Waals surface area contributed by atoms with Crippen molar-refractivity contribution in [2.45, 2.75) is 13.8 Å². The van der Waals surface area contributed by atoms with E-state index in [1.54, 1.807) is 18.3 Å². The SMILES string of the molecule is CCNc1cc(C(=O)Nc2ncc(Br)s2)cc(C)n1. The summed E-state index contributed by atoms with van der Waals surface area (Å²) in [5.41, 5.74) is 1.36. The van der Waals surface area contributed by atoms with Crippen LogP contribution in [0.1, 0.15) is 23.0 Å². The van der Waals surface area contributed by atoms with Crippen LogP contribution in [0.4, 0.5) is 10.9 Å². The largest absolute Gasteiger partial charge is 0.370 e. The second-order valence-corrected chi connectivity index (χ2v) is 6.25. The number of aryl methyl sites for hydroxylation is 1. The third-order valence-electron chi connectivity index (χ3n) is 2.27. The first-order valence-corrected chi connectivity index (χ1v) is 7.34. The fourth-order valence-corrected chi connectivity index (χ4v) is 2.65. The summed E-state index contributed by atoms with van der Waals surface area (Å²) in [6.45, 7) is 4.60. The van der Waals surface area contributed by atoms with Gasteiger partial charge in [0, 0.05) is 17.8 Å². The summed E-state index contributed by atoms with van der Waals surface area (Å²) in [4.78, 5) is 20.5. The number of carbonyl (C=O) groups is 1. The number of nitrogens with zero attached hydrogens (tertiary/aromatic N) is 2. The van der Waals surface area contributed by atoms with E-state index in [9.17, 15) is 4.79 Å². The van der Waals surface area contributed by atoms with Gasteiger partial charge in [0.2, 0.25) is 0 Å². The molecule has 2 rings (SSSR count). The van der Waals surface area contributed by atoms with Gasteiger partial charge in [-0.3, -0.25) is 10.1 Å². The molecule has 0 aliphatic rings. The van der Waals surface area contributed by atoms with Gasteiger partial charge in [-0.2, -0.15) is 0 Å². The number of amides is 1. The third-order valence-corrected chi connectivity index (χ3v) is 3.66. The van der Waals surface area contributed by atoms with E-state index in [0.29, 0.717) is 16.5 Å². The second kappa shape index (κ2) is 6.12. The summed E-state index contributed by atoms with van der Waals surface area (Å²) in [6.07, 6.45) is 1.65.